The number of rotatable bonds is 6. The lowest BCUT2D eigenvalue weighted by Gasteiger charge is -2.30. The van der Waals surface area contributed by atoms with Crippen LogP contribution in [0, 0.1) is 0 Å². The molecule has 0 atom stereocenters. The largest absolute Gasteiger partial charge is 0.455 e. The summed E-state index contributed by atoms with van der Waals surface area (Å²) in [4.78, 5) is 6.87. The number of anilines is 3. The number of hydrogen-bond donors (Lipinski definition) is 0. The fourth-order valence-electron chi connectivity index (χ4n) is 7.58. The molecule has 55 heavy (non-hydrogen) atoms. The molecule has 2 heterocycles. The highest BCUT2D eigenvalue weighted by atomic mass is 16.3. The zero-order valence-corrected chi connectivity index (χ0v) is 29.1. The van der Waals surface area contributed by atoms with E-state index in [4.69, 9.17) is 20.7 Å². The van der Waals surface area contributed by atoms with Gasteiger partial charge in [0.25, 0.3) is 0 Å². The standard InChI is InChI=1S/C51H32N2O2/c1-3-13-33(14-4-1)35-23-27-39(28-24-35)53(40-29-25-34-15-7-8-18-37(34)31-40)49-47(38-26-30-46-44(32-38)52-51(55-46)36-16-5-2-6-17-36)41-19-9-10-20-42(41)50-48(49)43-21-11-12-22-45(43)54-50/h1-32H/i9D,10D,11D,12D,19D,20D,21D,22D. The number of hydrogen-bond acceptors (Lipinski definition) is 4. The smallest absolute Gasteiger partial charge is 0.227 e. The average Bonchev–Trinajstić information content (AvgIpc) is 3.94. The van der Waals surface area contributed by atoms with Crippen LogP contribution in [0.15, 0.2) is 203 Å². The maximum atomic E-state index is 9.62. The van der Waals surface area contributed by atoms with Crippen molar-refractivity contribution in [1.82, 2.24) is 4.98 Å². The van der Waals surface area contributed by atoms with Gasteiger partial charge in [-0.3, -0.25) is 0 Å². The van der Waals surface area contributed by atoms with Crippen LogP contribution < -0.4 is 4.90 Å². The van der Waals surface area contributed by atoms with Crippen LogP contribution >= 0.6 is 0 Å². The molecule has 9 aromatic carbocycles. The Hall–Kier alpha value is -7.43. The van der Waals surface area contributed by atoms with Crippen molar-refractivity contribution < 1.29 is 19.8 Å². The van der Waals surface area contributed by atoms with Crippen LogP contribution in [-0.2, 0) is 0 Å². The Morgan fingerprint density at radius 2 is 1.11 bits per heavy atom. The van der Waals surface area contributed by atoms with Gasteiger partial charge in [-0.25, -0.2) is 4.98 Å². The number of nitrogens with zero attached hydrogens (tertiary/aromatic N) is 2. The van der Waals surface area contributed by atoms with E-state index >= 15 is 0 Å². The monoisotopic (exact) mass is 712 g/mol. The van der Waals surface area contributed by atoms with Crippen molar-refractivity contribution in [3.05, 3.63) is 194 Å². The SMILES string of the molecule is [2H]c1c([2H])c([2H])c2c(oc3c4c([2H])c([2H])c([2H])c([2H])c4c(-c4ccc5oc(-c6ccccc6)nc5c4)c(N(c4ccc(-c5ccccc5)cc4)c4ccc5ccccc5c4)c32)c1[2H]. The normalized spacial score (nSPS) is 13.7. The van der Waals surface area contributed by atoms with Gasteiger partial charge in [0.2, 0.25) is 5.89 Å². The predicted molar refractivity (Wildman–Crippen MR) is 227 cm³/mol. The van der Waals surface area contributed by atoms with Crippen molar-refractivity contribution in [3.63, 3.8) is 0 Å². The molecule has 0 amide bonds. The van der Waals surface area contributed by atoms with Crippen LogP contribution in [0.3, 0.4) is 0 Å². The lowest BCUT2D eigenvalue weighted by molar-refractivity contribution is 0.620. The fourth-order valence-corrected chi connectivity index (χ4v) is 7.58. The molecule has 0 saturated heterocycles. The van der Waals surface area contributed by atoms with Gasteiger partial charge in [0.1, 0.15) is 16.7 Å². The van der Waals surface area contributed by atoms with Crippen molar-refractivity contribution in [2.24, 2.45) is 0 Å². The molecular weight excluding hydrogens is 673 g/mol. The summed E-state index contributed by atoms with van der Waals surface area (Å²) in [6, 6.07) is 43.5. The van der Waals surface area contributed by atoms with E-state index in [1.807, 2.05) is 144 Å². The van der Waals surface area contributed by atoms with Gasteiger partial charge in [-0.05, 0) is 87.4 Å². The minimum Gasteiger partial charge on any atom is -0.455 e. The van der Waals surface area contributed by atoms with E-state index < -0.39 is 30.2 Å². The first-order valence-electron chi connectivity index (χ1n) is 21.9. The van der Waals surface area contributed by atoms with E-state index in [0.717, 1.165) is 27.5 Å². The molecule has 258 valence electrons. The third kappa shape index (κ3) is 5.19. The first kappa shape index (κ1) is 24.0. The number of oxazole rings is 1. The first-order valence-corrected chi connectivity index (χ1v) is 17.9. The molecule has 11 rings (SSSR count). The Morgan fingerprint density at radius 3 is 1.91 bits per heavy atom. The molecule has 0 unspecified atom stereocenters. The molecule has 11 aromatic rings. The van der Waals surface area contributed by atoms with Crippen LogP contribution in [0.25, 0.3) is 88.3 Å². The van der Waals surface area contributed by atoms with Gasteiger partial charge in [0.05, 0.1) is 22.0 Å². The van der Waals surface area contributed by atoms with E-state index in [9.17, 15) is 4.11 Å². The van der Waals surface area contributed by atoms with Crippen LogP contribution in [-0.4, -0.2) is 4.98 Å². The highest BCUT2D eigenvalue weighted by Crippen LogP contribution is 2.52. The van der Waals surface area contributed by atoms with Crippen molar-refractivity contribution in [3.8, 4) is 33.7 Å². The highest BCUT2D eigenvalue weighted by molar-refractivity contribution is 6.27. The summed E-state index contributed by atoms with van der Waals surface area (Å²) in [5.41, 5.74) is 6.20. The number of para-hydroxylation sites is 1. The first-order chi connectivity index (χ1) is 30.6. The Labute approximate surface area is 328 Å². The summed E-state index contributed by atoms with van der Waals surface area (Å²) in [6.07, 6.45) is 0. The van der Waals surface area contributed by atoms with Gasteiger partial charge < -0.3 is 13.7 Å². The van der Waals surface area contributed by atoms with E-state index in [1.54, 1.807) is 6.07 Å². The van der Waals surface area contributed by atoms with E-state index in [-0.39, 0.29) is 50.8 Å². The summed E-state index contributed by atoms with van der Waals surface area (Å²) in [7, 11) is 0. The van der Waals surface area contributed by atoms with Crippen molar-refractivity contribution in [2.45, 2.75) is 0 Å². The fraction of sp³-hybridized carbons (Fsp3) is 0. The lowest BCUT2D eigenvalue weighted by atomic mass is 9.91. The molecule has 0 aliphatic carbocycles. The molecule has 0 spiro atoms. The molecule has 0 saturated carbocycles. The third-order valence-electron chi connectivity index (χ3n) is 10.1. The molecule has 0 aliphatic rings. The number of benzene rings is 9. The van der Waals surface area contributed by atoms with Gasteiger partial charge >= 0.3 is 0 Å². The van der Waals surface area contributed by atoms with E-state index in [2.05, 4.69) is 0 Å². The van der Waals surface area contributed by atoms with Crippen molar-refractivity contribution >= 4 is 71.6 Å². The van der Waals surface area contributed by atoms with E-state index in [1.165, 1.54) is 0 Å². The van der Waals surface area contributed by atoms with Gasteiger partial charge in [-0.2, -0.15) is 0 Å². The maximum absolute atomic E-state index is 9.62. The summed E-state index contributed by atoms with van der Waals surface area (Å²) < 4.78 is 85.7. The lowest BCUT2D eigenvalue weighted by Crippen LogP contribution is -2.12. The second-order valence-corrected chi connectivity index (χ2v) is 13.3. The summed E-state index contributed by atoms with van der Waals surface area (Å²) >= 11 is 0. The molecule has 0 bridgehead atoms. The molecule has 0 fully saturated rings. The molecule has 0 N–H and O–H groups in total. The Kier molecular flexibility index (Phi) is 5.50. The van der Waals surface area contributed by atoms with Crippen LogP contribution in [0.1, 0.15) is 11.0 Å². The Morgan fingerprint density at radius 1 is 0.473 bits per heavy atom. The summed E-state index contributed by atoms with van der Waals surface area (Å²) in [6.45, 7) is 0. The number of aromatic nitrogens is 1. The highest BCUT2D eigenvalue weighted by Gasteiger charge is 2.27. The summed E-state index contributed by atoms with van der Waals surface area (Å²) in [5, 5.41) is 2.41. The minimum absolute atomic E-state index is 0.00155. The minimum atomic E-state index is -0.492. The zero-order chi connectivity index (χ0) is 43.3. The van der Waals surface area contributed by atoms with Crippen molar-refractivity contribution in [2.75, 3.05) is 4.90 Å². The Balaban J connectivity index is 1.35. The topological polar surface area (TPSA) is 42.4 Å². The van der Waals surface area contributed by atoms with Gasteiger partial charge in [0.15, 0.2) is 5.58 Å². The quantitative estimate of drug-likeness (QED) is 0.172. The molecule has 0 aliphatic heterocycles. The average molecular weight is 713 g/mol. The van der Waals surface area contributed by atoms with Crippen LogP contribution in [0.2, 0.25) is 0 Å². The van der Waals surface area contributed by atoms with Crippen molar-refractivity contribution in [1.29, 1.82) is 0 Å². The van der Waals surface area contributed by atoms with Gasteiger partial charge in [-0.15, -0.1) is 0 Å². The zero-order valence-electron chi connectivity index (χ0n) is 37.1. The van der Waals surface area contributed by atoms with Gasteiger partial charge in [0, 0.05) is 33.3 Å². The molecule has 4 heteroatoms. The second kappa shape index (κ2) is 12.6. The van der Waals surface area contributed by atoms with Crippen LogP contribution in [0.4, 0.5) is 17.1 Å². The van der Waals surface area contributed by atoms with Gasteiger partial charge in [-0.1, -0.05) is 139 Å². The number of fused-ring (bicyclic) bond motifs is 7. The second-order valence-electron chi connectivity index (χ2n) is 13.3. The summed E-state index contributed by atoms with van der Waals surface area (Å²) in [5.74, 6) is 0.401. The maximum Gasteiger partial charge on any atom is 0.227 e. The Bertz CT molecular complexity index is 3660. The number of furan rings is 1. The van der Waals surface area contributed by atoms with E-state index in [0.29, 0.717) is 45.2 Å². The third-order valence-corrected chi connectivity index (χ3v) is 10.1. The molecule has 4 nitrogen and oxygen atoms in total. The molecule has 0 radical (unpaired) electrons. The van der Waals surface area contributed by atoms with Crippen LogP contribution in [0.5, 0.6) is 0 Å². The molecule has 2 aromatic heterocycles. The predicted octanol–water partition coefficient (Wildman–Crippen LogP) is 14.5. The molecular formula is C51H32N2O2.